The second kappa shape index (κ2) is 4.36. The summed E-state index contributed by atoms with van der Waals surface area (Å²) in [7, 11) is 1.43. The fraction of sp³-hybridized carbons (Fsp3) is 0.429. The molecule has 3 heterocycles. The van der Waals surface area contributed by atoms with Gasteiger partial charge < -0.3 is 23.9 Å². The Morgan fingerprint density at radius 3 is 2.81 bits per heavy atom. The Morgan fingerprint density at radius 2 is 2.19 bits per heavy atom. The van der Waals surface area contributed by atoms with Gasteiger partial charge in [0.1, 0.15) is 16.8 Å². The van der Waals surface area contributed by atoms with Crippen LogP contribution in [0.15, 0.2) is 16.5 Å². The summed E-state index contributed by atoms with van der Waals surface area (Å²) in [6, 6.07) is 4.31. The molecule has 4 rings (SSSR count). The number of rotatable bonds is 3. The van der Waals surface area contributed by atoms with Crippen LogP contribution in [0.4, 0.5) is 6.01 Å². The molecule has 2 fully saturated rings. The largest absolute Gasteiger partial charge is 0.496 e. The number of fused-ring (bicyclic) bond motifs is 3. The normalized spacial score (nSPS) is 24.0. The van der Waals surface area contributed by atoms with Gasteiger partial charge in [-0.15, -0.1) is 0 Å². The van der Waals surface area contributed by atoms with Crippen molar-refractivity contribution >= 4 is 23.1 Å². The van der Waals surface area contributed by atoms with Crippen LogP contribution < -0.4 is 9.64 Å². The lowest BCUT2D eigenvalue weighted by atomic mass is 9.92. The maximum atomic E-state index is 11.5. The van der Waals surface area contributed by atoms with Gasteiger partial charge in [0.2, 0.25) is 0 Å². The second-order valence-electron chi connectivity index (χ2n) is 5.28. The summed E-state index contributed by atoms with van der Waals surface area (Å²) in [6.07, 6.45) is 1.06. The Bertz CT molecular complexity index is 711. The number of morpholine rings is 1. The molecule has 21 heavy (non-hydrogen) atoms. The molecule has 2 aliphatic heterocycles. The average Bonchev–Trinajstić information content (AvgIpc) is 2.89. The molecule has 0 saturated carbocycles. The van der Waals surface area contributed by atoms with E-state index in [0.29, 0.717) is 24.7 Å². The van der Waals surface area contributed by atoms with E-state index in [1.54, 1.807) is 12.1 Å². The van der Waals surface area contributed by atoms with E-state index in [2.05, 4.69) is 9.88 Å². The first-order valence-electron chi connectivity index (χ1n) is 6.76. The number of nitrogens with zero attached hydrogens (tertiary/aromatic N) is 2. The number of ether oxygens (including phenoxy) is 2. The van der Waals surface area contributed by atoms with Crippen LogP contribution in [0.5, 0.6) is 5.75 Å². The van der Waals surface area contributed by atoms with Gasteiger partial charge in [0.25, 0.3) is 6.01 Å². The summed E-state index contributed by atoms with van der Waals surface area (Å²) in [5.74, 6) is -0.822. The third-order valence-electron chi connectivity index (χ3n) is 4.11. The molecule has 2 bridgehead atoms. The first kappa shape index (κ1) is 12.5. The number of methoxy groups -OCH3 is 1. The van der Waals surface area contributed by atoms with Gasteiger partial charge in [-0.1, -0.05) is 0 Å². The van der Waals surface area contributed by atoms with Gasteiger partial charge in [-0.3, -0.25) is 0 Å². The van der Waals surface area contributed by atoms with E-state index >= 15 is 0 Å². The predicted octanol–water partition coefficient (Wildman–Crippen LogP) is 1.51. The fourth-order valence-corrected chi connectivity index (χ4v) is 3.10. The highest BCUT2D eigenvalue weighted by atomic mass is 16.5. The lowest BCUT2D eigenvalue weighted by Gasteiger charge is -2.51. The Labute approximate surface area is 120 Å². The highest BCUT2D eigenvalue weighted by molar-refractivity contribution is 6.03. The molecule has 2 saturated heterocycles. The smallest absolute Gasteiger partial charge is 0.343 e. The van der Waals surface area contributed by atoms with Crippen molar-refractivity contribution in [2.24, 2.45) is 0 Å². The monoisotopic (exact) mass is 290 g/mol. The van der Waals surface area contributed by atoms with Gasteiger partial charge >= 0.3 is 5.97 Å². The zero-order valence-corrected chi connectivity index (χ0v) is 11.4. The summed E-state index contributed by atoms with van der Waals surface area (Å²) in [4.78, 5) is 17.9. The highest BCUT2D eigenvalue weighted by Crippen LogP contribution is 2.38. The minimum absolute atomic E-state index is 0.00989. The summed E-state index contributed by atoms with van der Waals surface area (Å²) < 4.78 is 16.3. The molecule has 110 valence electrons. The third-order valence-corrected chi connectivity index (χ3v) is 4.11. The van der Waals surface area contributed by atoms with Crippen molar-refractivity contribution in [1.82, 2.24) is 4.98 Å². The number of aromatic nitrogens is 1. The van der Waals surface area contributed by atoms with Gasteiger partial charge in [0.15, 0.2) is 5.58 Å². The lowest BCUT2D eigenvalue weighted by Crippen LogP contribution is -2.64. The maximum Gasteiger partial charge on any atom is 0.343 e. The molecule has 0 amide bonds. The summed E-state index contributed by atoms with van der Waals surface area (Å²) >= 11 is 0. The van der Waals surface area contributed by atoms with Crippen molar-refractivity contribution in [2.45, 2.75) is 18.5 Å². The SMILES string of the molecule is COc1ccc2nc(N3C4COCC3C4)oc2c1C(=O)O. The molecule has 0 aliphatic carbocycles. The van der Waals surface area contributed by atoms with Gasteiger partial charge in [-0.05, 0) is 18.6 Å². The van der Waals surface area contributed by atoms with Crippen LogP contribution in [-0.4, -0.2) is 48.5 Å². The van der Waals surface area contributed by atoms with Crippen LogP contribution in [0.3, 0.4) is 0 Å². The standard InChI is InChI=1S/C14H14N2O5/c1-19-10-3-2-9-12(11(10)13(17)18)21-14(15-9)16-7-4-8(16)6-20-5-7/h2-3,7-8H,4-6H2,1H3,(H,17,18). The highest BCUT2D eigenvalue weighted by Gasteiger charge is 2.45. The molecule has 7 nitrogen and oxygen atoms in total. The van der Waals surface area contributed by atoms with Crippen LogP contribution in [-0.2, 0) is 4.74 Å². The number of hydrogen-bond donors (Lipinski definition) is 1. The Morgan fingerprint density at radius 1 is 1.43 bits per heavy atom. The van der Waals surface area contributed by atoms with E-state index in [1.807, 2.05) is 0 Å². The molecule has 0 radical (unpaired) electrons. The summed E-state index contributed by atoms with van der Waals surface area (Å²) in [5, 5.41) is 9.37. The van der Waals surface area contributed by atoms with E-state index < -0.39 is 5.97 Å². The molecule has 2 unspecified atom stereocenters. The first-order chi connectivity index (χ1) is 10.2. The van der Waals surface area contributed by atoms with E-state index in [-0.39, 0.29) is 29.0 Å². The molecule has 1 aromatic heterocycles. The molecular formula is C14H14N2O5. The average molecular weight is 290 g/mol. The molecule has 1 N–H and O–H groups in total. The molecule has 1 aromatic carbocycles. The number of carboxylic acid groups (broad SMARTS) is 1. The maximum absolute atomic E-state index is 11.5. The predicted molar refractivity (Wildman–Crippen MR) is 73.0 cm³/mol. The number of benzene rings is 1. The molecule has 0 spiro atoms. The number of carboxylic acids is 1. The van der Waals surface area contributed by atoms with Crippen molar-refractivity contribution in [1.29, 1.82) is 0 Å². The van der Waals surface area contributed by atoms with Crippen molar-refractivity contribution in [3.05, 3.63) is 17.7 Å². The fourth-order valence-electron chi connectivity index (χ4n) is 3.10. The van der Waals surface area contributed by atoms with Crippen LogP contribution in [0.2, 0.25) is 0 Å². The van der Waals surface area contributed by atoms with Gasteiger partial charge in [-0.25, -0.2) is 4.79 Å². The van der Waals surface area contributed by atoms with Crippen LogP contribution >= 0.6 is 0 Å². The van der Waals surface area contributed by atoms with Gasteiger partial charge in [0, 0.05) is 0 Å². The Hall–Kier alpha value is -2.28. The minimum Gasteiger partial charge on any atom is -0.496 e. The van der Waals surface area contributed by atoms with Crippen LogP contribution in [0, 0.1) is 0 Å². The van der Waals surface area contributed by atoms with E-state index in [0.717, 1.165) is 6.42 Å². The zero-order valence-electron chi connectivity index (χ0n) is 11.4. The number of oxazole rings is 1. The summed E-state index contributed by atoms with van der Waals surface area (Å²) in [6.45, 7) is 1.31. The van der Waals surface area contributed by atoms with E-state index in [9.17, 15) is 9.90 Å². The third kappa shape index (κ3) is 1.70. The van der Waals surface area contributed by atoms with E-state index in [1.165, 1.54) is 7.11 Å². The molecular weight excluding hydrogens is 276 g/mol. The minimum atomic E-state index is -1.09. The zero-order chi connectivity index (χ0) is 14.6. The second-order valence-corrected chi connectivity index (χ2v) is 5.28. The number of carbonyl (C=O) groups is 1. The quantitative estimate of drug-likeness (QED) is 0.917. The van der Waals surface area contributed by atoms with Gasteiger partial charge in [0.05, 0.1) is 32.4 Å². The van der Waals surface area contributed by atoms with Crippen molar-refractivity contribution in [3.8, 4) is 5.75 Å². The molecule has 2 aliphatic rings. The molecule has 2 atom stereocenters. The van der Waals surface area contributed by atoms with Gasteiger partial charge in [-0.2, -0.15) is 4.98 Å². The van der Waals surface area contributed by atoms with E-state index in [4.69, 9.17) is 13.9 Å². The number of anilines is 1. The Kier molecular flexibility index (Phi) is 2.58. The Balaban J connectivity index is 1.83. The van der Waals surface area contributed by atoms with Crippen molar-refractivity contribution in [2.75, 3.05) is 25.2 Å². The molecule has 7 heteroatoms. The number of hydrogen-bond acceptors (Lipinski definition) is 6. The summed E-state index contributed by atoms with van der Waals surface area (Å²) in [5.41, 5.74) is 0.785. The van der Waals surface area contributed by atoms with Crippen LogP contribution in [0.1, 0.15) is 16.8 Å². The lowest BCUT2D eigenvalue weighted by molar-refractivity contribution is 0.00681. The van der Waals surface area contributed by atoms with Crippen LogP contribution in [0.25, 0.3) is 11.1 Å². The topological polar surface area (TPSA) is 85.0 Å². The number of aromatic carboxylic acids is 1. The molecule has 2 aromatic rings. The van der Waals surface area contributed by atoms with Crippen molar-refractivity contribution < 1.29 is 23.8 Å². The first-order valence-corrected chi connectivity index (χ1v) is 6.76. The van der Waals surface area contributed by atoms with Crippen molar-refractivity contribution in [3.63, 3.8) is 0 Å².